The van der Waals surface area contributed by atoms with Crippen LogP contribution in [0.2, 0.25) is 0 Å². The number of nitriles is 1. The highest BCUT2D eigenvalue weighted by Crippen LogP contribution is 2.22. The number of piperidine rings is 1. The number of benzene rings is 1. The van der Waals surface area contributed by atoms with Crippen LogP contribution in [-0.4, -0.2) is 35.6 Å². The van der Waals surface area contributed by atoms with Crippen molar-refractivity contribution in [2.75, 3.05) is 25.0 Å². The maximum Gasteiger partial charge on any atom is 0.128 e. The summed E-state index contributed by atoms with van der Waals surface area (Å²) in [5, 5.41) is 13.7. The Hall–Kier alpha value is -2.12. The van der Waals surface area contributed by atoms with E-state index in [1.54, 1.807) is 0 Å². The minimum Gasteiger partial charge on any atom is -0.367 e. The first kappa shape index (κ1) is 13.8. The van der Waals surface area contributed by atoms with E-state index in [2.05, 4.69) is 28.2 Å². The van der Waals surface area contributed by atoms with Gasteiger partial charge in [-0.05, 0) is 31.5 Å². The monoisotopic (exact) mass is 280 g/mol. The highest BCUT2D eigenvalue weighted by molar-refractivity contribution is 5.86. The molecule has 1 aromatic carbocycles. The van der Waals surface area contributed by atoms with Crippen LogP contribution in [0.4, 0.5) is 5.82 Å². The lowest BCUT2D eigenvalue weighted by atomic mass is 10.0. The number of hydrogen-bond acceptors (Lipinski definition) is 4. The van der Waals surface area contributed by atoms with Gasteiger partial charge in [0.1, 0.15) is 5.82 Å². The molecule has 0 bridgehead atoms. The molecule has 0 amide bonds. The third kappa shape index (κ3) is 2.98. The lowest BCUT2D eigenvalue weighted by Gasteiger charge is -2.31. The summed E-state index contributed by atoms with van der Waals surface area (Å²) in [7, 11) is 0. The van der Waals surface area contributed by atoms with Crippen molar-refractivity contribution in [2.24, 2.45) is 0 Å². The van der Waals surface area contributed by atoms with Gasteiger partial charge < -0.3 is 10.2 Å². The van der Waals surface area contributed by atoms with Gasteiger partial charge in [-0.1, -0.05) is 25.1 Å². The fraction of sp³-hybridized carbons (Fsp3) is 0.412. The number of fused-ring (bicyclic) bond motifs is 1. The van der Waals surface area contributed by atoms with Gasteiger partial charge in [0.05, 0.1) is 17.1 Å². The van der Waals surface area contributed by atoms with Gasteiger partial charge in [0.2, 0.25) is 0 Å². The molecule has 1 saturated heterocycles. The van der Waals surface area contributed by atoms with Gasteiger partial charge >= 0.3 is 0 Å². The van der Waals surface area contributed by atoms with Crippen LogP contribution in [-0.2, 0) is 0 Å². The number of para-hydroxylation sites is 1. The van der Waals surface area contributed by atoms with Crippen molar-refractivity contribution < 1.29 is 0 Å². The first-order valence-electron chi connectivity index (χ1n) is 7.59. The summed E-state index contributed by atoms with van der Waals surface area (Å²) in [5.41, 5.74) is 1.57. The molecule has 0 spiro atoms. The molecule has 0 atom stereocenters. The molecule has 1 aromatic heterocycles. The van der Waals surface area contributed by atoms with Crippen molar-refractivity contribution in [2.45, 2.75) is 25.8 Å². The van der Waals surface area contributed by atoms with E-state index >= 15 is 0 Å². The Morgan fingerprint density at radius 1 is 1.33 bits per heavy atom. The third-order valence-electron chi connectivity index (χ3n) is 4.22. The van der Waals surface area contributed by atoms with Gasteiger partial charge in [-0.15, -0.1) is 0 Å². The fourth-order valence-electron chi connectivity index (χ4n) is 2.94. The van der Waals surface area contributed by atoms with Crippen LogP contribution in [0.5, 0.6) is 0 Å². The molecule has 21 heavy (non-hydrogen) atoms. The molecule has 1 N–H and O–H groups in total. The first-order valence-corrected chi connectivity index (χ1v) is 7.59. The number of nitrogens with one attached hydrogen (secondary N) is 1. The number of nitrogens with zero attached hydrogens (tertiary/aromatic N) is 3. The zero-order chi connectivity index (χ0) is 14.7. The van der Waals surface area contributed by atoms with Crippen LogP contribution in [0.1, 0.15) is 25.3 Å². The molecule has 3 rings (SSSR count). The Bertz CT molecular complexity index is 666. The normalized spacial score (nSPS) is 16.8. The van der Waals surface area contributed by atoms with Gasteiger partial charge in [-0.25, -0.2) is 4.98 Å². The molecule has 1 fully saturated rings. The van der Waals surface area contributed by atoms with E-state index in [9.17, 15) is 5.26 Å². The summed E-state index contributed by atoms with van der Waals surface area (Å²) in [5.74, 6) is 0.820. The largest absolute Gasteiger partial charge is 0.367 e. The number of rotatable bonds is 3. The predicted molar refractivity (Wildman–Crippen MR) is 85.2 cm³/mol. The molecule has 2 heterocycles. The summed E-state index contributed by atoms with van der Waals surface area (Å²) in [6.07, 6.45) is 2.26. The fourth-order valence-corrected chi connectivity index (χ4v) is 2.94. The van der Waals surface area contributed by atoms with E-state index < -0.39 is 0 Å². The Labute approximate surface area is 125 Å². The molecule has 1 aliphatic rings. The quantitative estimate of drug-likeness (QED) is 0.939. The smallest absolute Gasteiger partial charge is 0.128 e. The summed E-state index contributed by atoms with van der Waals surface area (Å²) < 4.78 is 0. The van der Waals surface area contributed by atoms with E-state index in [1.807, 2.05) is 30.3 Å². The van der Waals surface area contributed by atoms with E-state index in [-0.39, 0.29) is 0 Å². The number of pyridine rings is 1. The van der Waals surface area contributed by atoms with Crippen molar-refractivity contribution in [1.29, 1.82) is 5.26 Å². The van der Waals surface area contributed by atoms with Gasteiger partial charge in [-0.2, -0.15) is 5.26 Å². The Kier molecular flexibility index (Phi) is 4.03. The average molecular weight is 280 g/mol. The summed E-state index contributed by atoms with van der Waals surface area (Å²) in [4.78, 5) is 7.11. The number of anilines is 1. The highest BCUT2D eigenvalue weighted by atomic mass is 15.1. The summed E-state index contributed by atoms with van der Waals surface area (Å²) in [6, 6.07) is 12.4. The van der Waals surface area contributed by atoms with Gasteiger partial charge in [0.25, 0.3) is 0 Å². The zero-order valence-electron chi connectivity index (χ0n) is 12.3. The van der Waals surface area contributed by atoms with E-state index in [4.69, 9.17) is 0 Å². The molecular weight excluding hydrogens is 260 g/mol. The lowest BCUT2D eigenvalue weighted by molar-refractivity contribution is 0.229. The van der Waals surface area contributed by atoms with E-state index in [1.165, 1.54) is 0 Å². The van der Waals surface area contributed by atoms with Crippen LogP contribution >= 0.6 is 0 Å². The standard InChI is InChI=1S/C17H20N4/c1-2-21-9-7-14(8-10-21)19-17-11-13(12-18)15-5-3-4-6-16(15)20-17/h3-6,11,14H,2,7-10H2,1H3,(H,19,20). The molecule has 4 heteroatoms. The van der Waals surface area contributed by atoms with Crippen LogP contribution in [0.15, 0.2) is 30.3 Å². The van der Waals surface area contributed by atoms with E-state index in [0.717, 1.165) is 49.2 Å². The molecule has 108 valence electrons. The molecular formula is C17H20N4. The highest BCUT2D eigenvalue weighted by Gasteiger charge is 2.18. The third-order valence-corrected chi connectivity index (χ3v) is 4.22. The van der Waals surface area contributed by atoms with Crippen LogP contribution in [0.3, 0.4) is 0 Å². The average Bonchev–Trinajstić information content (AvgIpc) is 2.55. The minimum absolute atomic E-state index is 0.452. The van der Waals surface area contributed by atoms with Crippen molar-refractivity contribution in [3.05, 3.63) is 35.9 Å². The van der Waals surface area contributed by atoms with Crippen molar-refractivity contribution in [1.82, 2.24) is 9.88 Å². The number of aromatic nitrogens is 1. The first-order chi connectivity index (χ1) is 10.3. The molecule has 4 nitrogen and oxygen atoms in total. The molecule has 0 saturated carbocycles. The molecule has 1 aliphatic heterocycles. The van der Waals surface area contributed by atoms with Crippen molar-refractivity contribution in [3.8, 4) is 6.07 Å². The van der Waals surface area contributed by atoms with Crippen LogP contribution < -0.4 is 5.32 Å². The second kappa shape index (κ2) is 6.11. The zero-order valence-corrected chi connectivity index (χ0v) is 12.3. The number of likely N-dealkylation sites (tertiary alicyclic amines) is 1. The van der Waals surface area contributed by atoms with E-state index in [0.29, 0.717) is 11.6 Å². The van der Waals surface area contributed by atoms with Crippen LogP contribution in [0, 0.1) is 11.3 Å². The Balaban J connectivity index is 1.80. The lowest BCUT2D eigenvalue weighted by Crippen LogP contribution is -2.39. The van der Waals surface area contributed by atoms with Gasteiger partial charge in [-0.3, -0.25) is 0 Å². The second-order valence-corrected chi connectivity index (χ2v) is 5.54. The second-order valence-electron chi connectivity index (χ2n) is 5.54. The summed E-state index contributed by atoms with van der Waals surface area (Å²) in [6.45, 7) is 5.59. The van der Waals surface area contributed by atoms with Gasteiger partial charge in [0, 0.05) is 24.5 Å². The van der Waals surface area contributed by atoms with Crippen molar-refractivity contribution >= 4 is 16.7 Å². The maximum absolute atomic E-state index is 9.32. The minimum atomic E-state index is 0.452. The molecule has 0 unspecified atom stereocenters. The summed E-state index contributed by atoms with van der Waals surface area (Å²) >= 11 is 0. The maximum atomic E-state index is 9.32. The molecule has 0 aliphatic carbocycles. The molecule has 0 radical (unpaired) electrons. The van der Waals surface area contributed by atoms with Crippen molar-refractivity contribution in [3.63, 3.8) is 0 Å². The molecule has 2 aromatic rings. The SMILES string of the molecule is CCN1CCC(Nc2cc(C#N)c3ccccc3n2)CC1. The topological polar surface area (TPSA) is 52.0 Å². The Morgan fingerprint density at radius 3 is 2.81 bits per heavy atom. The van der Waals surface area contributed by atoms with Gasteiger partial charge in [0.15, 0.2) is 0 Å². The number of hydrogen-bond donors (Lipinski definition) is 1. The predicted octanol–water partition coefficient (Wildman–Crippen LogP) is 3.00. The Morgan fingerprint density at radius 2 is 2.10 bits per heavy atom. The van der Waals surface area contributed by atoms with Crippen LogP contribution in [0.25, 0.3) is 10.9 Å².